The maximum Gasteiger partial charge on any atom is 0.406 e. The van der Waals surface area contributed by atoms with Crippen LogP contribution >= 0.6 is 0 Å². The van der Waals surface area contributed by atoms with Crippen molar-refractivity contribution in [2.24, 2.45) is 0 Å². The SMILES string of the molecule is CN1CCC(Nc2cccc3c2cc(C#CCNc2ccc(S(C)(=O)=O)cn2)n3CC(F)(F)F)CC1. The molecule has 0 bridgehead atoms. The lowest BCUT2D eigenvalue weighted by Crippen LogP contribution is -2.36. The summed E-state index contributed by atoms with van der Waals surface area (Å²) in [6.07, 6.45) is -0.132. The zero-order valence-electron chi connectivity index (χ0n) is 20.1. The van der Waals surface area contributed by atoms with Gasteiger partial charge in [0.2, 0.25) is 0 Å². The summed E-state index contributed by atoms with van der Waals surface area (Å²) in [7, 11) is -1.27. The average Bonchev–Trinajstić information content (AvgIpc) is 3.15. The van der Waals surface area contributed by atoms with Crippen LogP contribution in [0.25, 0.3) is 10.9 Å². The van der Waals surface area contributed by atoms with Crippen LogP contribution in [0, 0.1) is 11.8 Å². The van der Waals surface area contributed by atoms with E-state index in [2.05, 4.69) is 39.4 Å². The number of alkyl halides is 3. The van der Waals surface area contributed by atoms with E-state index in [0.29, 0.717) is 16.7 Å². The van der Waals surface area contributed by atoms with E-state index in [1.165, 1.54) is 22.9 Å². The molecule has 0 spiro atoms. The van der Waals surface area contributed by atoms with Crippen LogP contribution in [0.5, 0.6) is 0 Å². The number of aromatic nitrogens is 2. The van der Waals surface area contributed by atoms with Gasteiger partial charge in [0.25, 0.3) is 0 Å². The van der Waals surface area contributed by atoms with Gasteiger partial charge in [0.15, 0.2) is 9.84 Å². The molecule has 192 valence electrons. The molecule has 2 aromatic heterocycles. The van der Waals surface area contributed by atoms with Crippen molar-refractivity contribution in [2.75, 3.05) is 43.6 Å². The number of fused-ring (bicyclic) bond motifs is 1. The number of rotatable bonds is 6. The molecule has 0 unspecified atom stereocenters. The number of piperidine rings is 1. The van der Waals surface area contributed by atoms with Crippen LogP contribution in [0.3, 0.4) is 0 Å². The molecule has 1 aromatic carbocycles. The summed E-state index contributed by atoms with van der Waals surface area (Å²) in [6.45, 7) is 0.927. The molecule has 0 atom stereocenters. The molecule has 11 heteroatoms. The Bertz CT molecular complexity index is 1380. The lowest BCUT2D eigenvalue weighted by Gasteiger charge is -2.30. The number of halogens is 3. The molecule has 0 saturated carbocycles. The van der Waals surface area contributed by atoms with Crippen LogP contribution in [-0.2, 0) is 16.4 Å². The van der Waals surface area contributed by atoms with E-state index in [1.54, 1.807) is 18.2 Å². The molecule has 0 radical (unpaired) electrons. The van der Waals surface area contributed by atoms with Gasteiger partial charge in [-0.25, -0.2) is 13.4 Å². The van der Waals surface area contributed by atoms with E-state index in [4.69, 9.17) is 0 Å². The second kappa shape index (κ2) is 10.4. The highest BCUT2D eigenvalue weighted by atomic mass is 32.2. The molecule has 3 aromatic rings. The van der Waals surface area contributed by atoms with Gasteiger partial charge in [-0.15, -0.1) is 0 Å². The molecule has 1 aliphatic heterocycles. The second-order valence-corrected chi connectivity index (χ2v) is 11.0. The fraction of sp³-hybridized carbons (Fsp3) is 0.400. The Morgan fingerprint density at radius 1 is 1.17 bits per heavy atom. The zero-order chi connectivity index (χ0) is 25.9. The number of likely N-dealkylation sites (tertiary alicyclic amines) is 1. The molecule has 3 heterocycles. The van der Waals surface area contributed by atoms with E-state index < -0.39 is 22.6 Å². The van der Waals surface area contributed by atoms with Crippen molar-refractivity contribution in [3.63, 3.8) is 0 Å². The van der Waals surface area contributed by atoms with Crippen LogP contribution in [0.1, 0.15) is 18.5 Å². The third-order valence-electron chi connectivity index (χ3n) is 6.10. The summed E-state index contributed by atoms with van der Waals surface area (Å²) in [4.78, 5) is 6.40. The predicted octanol–water partition coefficient (Wildman–Crippen LogP) is 3.97. The summed E-state index contributed by atoms with van der Waals surface area (Å²) in [6, 6.07) is 10.2. The molecule has 4 rings (SSSR count). The Hall–Kier alpha value is -3.23. The van der Waals surface area contributed by atoms with Crippen LogP contribution < -0.4 is 10.6 Å². The highest BCUT2D eigenvalue weighted by Crippen LogP contribution is 2.31. The number of hydrogen-bond donors (Lipinski definition) is 2. The number of nitrogens with one attached hydrogen (secondary N) is 2. The van der Waals surface area contributed by atoms with Crippen LogP contribution in [-0.4, -0.2) is 68.0 Å². The first-order valence-corrected chi connectivity index (χ1v) is 13.4. The Morgan fingerprint density at radius 3 is 2.56 bits per heavy atom. The average molecular weight is 520 g/mol. The summed E-state index contributed by atoms with van der Waals surface area (Å²) in [5.74, 6) is 6.13. The minimum Gasteiger partial charge on any atom is -0.382 e. The Balaban J connectivity index is 1.56. The zero-order valence-corrected chi connectivity index (χ0v) is 20.9. The molecule has 1 aliphatic rings. The third kappa shape index (κ3) is 6.50. The third-order valence-corrected chi connectivity index (χ3v) is 7.20. The first-order chi connectivity index (χ1) is 17.0. The maximum absolute atomic E-state index is 13.4. The number of anilines is 2. The number of benzene rings is 1. The largest absolute Gasteiger partial charge is 0.406 e. The van der Waals surface area contributed by atoms with E-state index in [0.717, 1.165) is 37.9 Å². The first kappa shape index (κ1) is 25.9. The summed E-state index contributed by atoms with van der Waals surface area (Å²) in [5.41, 5.74) is 1.54. The van der Waals surface area contributed by atoms with Crippen molar-refractivity contribution in [1.82, 2.24) is 14.5 Å². The minimum absolute atomic E-state index is 0.0977. The Morgan fingerprint density at radius 2 is 1.92 bits per heavy atom. The van der Waals surface area contributed by atoms with Crippen molar-refractivity contribution in [3.05, 3.63) is 48.3 Å². The van der Waals surface area contributed by atoms with E-state index in [1.807, 2.05) is 6.07 Å². The maximum atomic E-state index is 13.4. The fourth-order valence-electron chi connectivity index (χ4n) is 4.21. The van der Waals surface area contributed by atoms with Crippen molar-refractivity contribution in [3.8, 4) is 11.8 Å². The topological polar surface area (TPSA) is 79.3 Å². The van der Waals surface area contributed by atoms with Crippen LogP contribution in [0.2, 0.25) is 0 Å². The van der Waals surface area contributed by atoms with Gasteiger partial charge in [-0.1, -0.05) is 12.0 Å². The van der Waals surface area contributed by atoms with Crippen molar-refractivity contribution in [1.29, 1.82) is 0 Å². The normalized spacial score (nSPS) is 15.5. The Kier molecular flexibility index (Phi) is 7.47. The summed E-state index contributed by atoms with van der Waals surface area (Å²) >= 11 is 0. The van der Waals surface area contributed by atoms with Gasteiger partial charge in [-0.3, -0.25) is 0 Å². The number of sulfone groups is 1. The van der Waals surface area contributed by atoms with Gasteiger partial charge in [-0.2, -0.15) is 13.2 Å². The van der Waals surface area contributed by atoms with E-state index in [9.17, 15) is 21.6 Å². The molecule has 0 aliphatic carbocycles. The van der Waals surface area contributed by atoms with Crippen molar-refractivity contribution >= 4 is 32.2 Å². The Labute approximate surface area is 208 Å². The van der Waals surface area contributed by atoms with Gasteiger partial charge in [0.05, 0.1) is 22.7 Å². The highest BCUT2D eigenvalue weighted by Gasteiger charge is 2.30. The predicted molar refractivity (Wildman–Crippen MR) is 135 cm³/mol. The van der Waals surface area contributed by atoms with Gasteiger partial charge in [-0.05, 0) is 69.2 Å². The fourth-order valence-corrected chi connectivity index (χ4v) is 4.77. The van der Waals surface area contributed by atoms with Gasteiger partial charge >= 0.3 is 6.18 Å². The number of nitrogens with zero attached hydrogens (tertiary/aromatic N) is 3. The molecule has 1 fully saturated rings. The van der Waals surface area contributed by atoms with Crippen molar-refractivity contribution in [2.45, 2.75) is 36.5 Å². The lowest BCUT2D eigenvalue weighted by atomic mass is 10.0. The molecule has 7 nitrogen and oxygen atoms in total. The smallest absolute Gasteiger partial charge is 0.382 e. The van der Waals surface area contributed by atoms with E-state index >= 15 is 0 Å². The lowest BCUT2D eigenvalue weighted by molar-refractivity contribution is -0.140. The quantitative estimate of drug-likeness (QED) is 0.480. The standard InChI is InChI=1S/C25H28F3N5O2S/c1-32-13-10-18(11-14-32)31-22-6-3-7-23-21(22)15-19(33(23)17-25(26,27)28)5-4-12-29-24-9-8-20(16-30-24)36(2,34)35/h3,6-9,15-16,18,31H,10-14,17H2,1-2H3,(H,29,30). The monoisotopic (exact) mass is 519 g/mol. The number of hydrogen-bond acceptors (Lipinski definition) is 6. The molecule has 36 heavy (non-hydrogen) atoms. The van der Waals surface area contributed by atoms with Gasteiger partial charge in [0, 0.05) is 29.6 Å². The molecular formula is C25H28F3N5O2S. The second-order valence-electron chi connectivity index (χ2n) is 9.00. The van der Waals surface area contributed by atoms with Gasteiger partial charge < -0.3 is 20.1 Å². The van der Waals surface area contributed by atoms with Crippen LogP contribution in [0.4, 0.5) is 24.7 Å². The first-order valence-electron chi connectivity index (χ1n) is 11.5. The molecule has 0 amide bonds. The minimum atomic E-state index is -4.40. The molecule has 1 saturated heterocycles. The highest BCUT2D eigenvalue weighted by molar-refractivity contribution is 7.90. The van der Waals surface area contributed by atoms with Crippen LogP contribution in [0.15, 0.2) is 47.5 Å². The van der Waals surface area contributed by atoms with E-state index in [-0.39, 0.29) is 23.2 Å². The van der Waals surface area contributed by atoms with Crippen molar-refractivity contribution < 1.29 is 21.6 Å². The molecule has 2 N–H and O–H groups in total. The summed E-state index contributed by atoms with van der Waals surface area (Å²) in [5, 5.41) is 7.16. The summed E-state index contributed by atoms with van der Waals surface area (Å²) < 4.78 is 64.5. The van der Waals surface area contributed by atoms with Gasteiger partial charge in [0.1, 0.15) is 12.4 Å². The molecular weight excluding hydrogens is 491 g/mol. The number of pyridine rings is 1.